The molecule has 1 aliphatic rings. The van der Waals surface area contributed by atoms with Crippen LogP contribution in [-0.4, -0.2) is 26.8 Å². The summed E-state index contributed by atoms with van der Waals surface area (Å²) in [7, 11) is 0. The molecule has 0 saturated carbocycles. The van der Waals surface area contributed by atoms with E-state index in [4.69, 9.17) is 0 Å². The number of aromatic nitrogens is 2. The highest BCUT2D eigenvalue weighted by Crippen LogP contribution is 2.27. The maximum Gasteiger partial charge on any atom is 0.307 e. The molecular weight excluding hydrogens is 318 g/mol. The average Bonchev–Trinajstić information content (AvgIpc) is 3.04. The van der Waals surface area contributed by atoms with Crippen LogP contribution in [0.25, 0.3) is 0 Å². The highest BCUT2D eigenvalue weighted by Gasteiger charge is 2.34. The standard InChI is InChI=1S/C19H21N3O3/c1-13-6-2-3-7-14(13)11-22-12-15(10-20-22)21-18(23)16-8-4-5-9-17(16)19(24)25/h2-7,10,12,16-17H,8-9,11H2,1H3,(H,21,23)(H,24,25)/t16-,17+/m0/s1. The summed E-state index contributed by atoms with van der Waals surface area (Å²) in [5.74, 6) is -2.43. The summed E-state index contributed by atoms with van der Waals surface area (Å²) in [6.45, 7) is 2.66. The van der Waals surface area contributed by atoms with Crippen molar-refractivity contribution in [2.45, 2.75) is 26.3 Å². The van der Waals surface area contributed by atoms with Crippen LogP contribution in [0.5, 0.6) is 0 Å². The highest BCUT2D eigenvalue weighted by molar-refractivity contribution is 5.95. The van der Waals surface area contributed by atoms with E-state index in [1.807, 2.05) is 43.3 Å². The number of hydrogen-bond acceptors (Lipinski definition) is 3. The van der Waals surface area contributed by atoms with E-state index in [1.165, 1.54) is 5.56 Å². The van der Waals surface area contributed by atoms with Gasteiger partial charge in [-0.15, -0.1) is 0 Å². The molecule has 1 aromatic carbocycles. The summed E-state index contributed by atoms with van der Waals surface area (Å²) in [6.07, 6.45) is 7.87. The van der Waals surface area contributed by atoms with Gasteiger partial charge >= 0.3 is 5.97 Å². The predicted molar refractivity (Wildman–Crippen MR) is 94.1 cm³/mol. The fraction of sp³-hybridized carbons (Fsp3) is 0.316. The molecule has 1 aromatic heterocycles. The molecule has 0 bridgehead atoms. The minimum Gasteiger partial charge on any atom is -0.481 e. The number of nitrogens with one attached hydrogen (secondary N) is 1. The maximum absolute atomic E-state index is 12.5. The molecule has 1 aliphatic carbocycles. The minimum absolute atomic E-state index is 0.271. The number of rotatable bonds is 5. The van der Waals surface area contributed by atoms with Crippen molar-refractivity contribution in [2.75, 3.05) is 5.32 Å². The largest absolute Gasteiger partial charge is 0.481 e. The van der Waals surface area contributed by atoms with Crippen LogP contribution in [-0.2, 0) is 16.1 Å². The molecule has 2 aromatic rings. The van der Waals surface area contributed by atoms with Crippen LogP contribution < -0.4 is 5.32 Å². The third-order valence-electron chi connectivity index (χ3n) is 4.58. The third kappa shape index (κ3) is 3.96. The van der Waals surface area contributed by atoms with Gasteiger partial charge in [-0.25, -0.2) is 0 Å². The van der Waals surface area contributed by atoms with E-state index in [0.717, 1.165) is 5.56 Å². The lowest BCUT2D eigenvalue weighted by Gasteiger charge is -2.23. The van der Waals surface area contributed by atoms with E-state index in [1.54, 1.807) is 17.1 Å². The molecule has 0 saturated heterocycles. The number of amides is 1. The molecule has 0 radical (unpaired) electrons. The highest BCUT2D eigenvalue weighted by atomic mass is 16.4. The molecule has 6 heteroatoms. The van der Waals surface area contributed by atoms with E-state index in [2.05, 4.69) is 10.4 Å². The summed E-state index contributed by atoms with van der Waals surface area (Å²) in [6, 6.07) is 8.06. The van der Waals surface area contributed by atoms with Crippen molar-refractivity contribution < 1.29 is 14.7 Å². The van der Waals surface area contributed by atoms with Gasteiger partial charge in [0.2, 0.25) is 5.91 Å². The van der Waals surface area contributed by atoms with Crippen LogP contribution in [0.4, 0.5) is 5.69 Å². The van der Waals surface area contributed by atoms with Crippen molar-refractivity contribution in [3.8, 4) is 0 Å². The van der Waals surface area contributed by atoms with Crippen LogP contribution in [0, 0.1) is 18.8 Å². The fourth-order valence-corrected chi connectivity index (χ4v) is 3.09. The van der Waals surface area contributed by atoms with Crippen molar-refractivity contribution in [1.82, 2.24) is 9.78 Å². The van der Waals surface area contributed by atoms with Crippen LogP contribution in [0.15, 0.2) is 48.8 Å². The Morgan fingerprint density at radius 3 is 2.68 bits per heavy atom. The summed E-state index contributed by atoms with van der Waals surface area (Å²) in [4.78, 5) is 23.8. The molecule has 0 spiro atoms. The van der Waals surface area contributed by atoms with E-state index < -0.39 is 17.8 Å². The van der Waals surface area contributed by atoms with Gasteiger partial charge in [0.25, 0.3) is 0 Å². The first-order valence-electron chi connectivity index (χ1n) is 8.30. The number of anilines is 1. The zero-order chi connectivity index (χ0) is 17.8. The number of nitrogens with zero attached hydrogens (tertiary/aromatic N) is 2. The van der Waals surface area contributed by atoms with Gasteiger partial charge in [0.1, 0.15) is 0 Å². The normalized spacial score (nSPS) is 19.6. The number of carboxylic acid groups (broad SMARTS) is 1. The van der Waals surface area contributed by atoms with Gasteiger partial charge in [0.05, 0.1) is 30.3 Å². The maximum atomic E-state index is 12.5. The summed E-state index contributed by atoms with van der Waals surface area (Å²) >= 11 is 0. The van der Waals surface area contributed by atoms with Crippen molar-refractivity contribution >= 4 is 17.6 Å². The predicted octanol–water partition coefficient (Wildman–Crippen LogP) is 2.85. The van der Waals surface area contributed by atoms with Crippen molar-refractivity contribution in [1.29, 1.82) is 0 Å². The Labute approximate surface area is 146 Å². The molecule has 0 unspecified atom stereocenters. The fourth-order valence-electron chi connectivity index (χ4n) is 3.09. The summed E-state index contributed by atoms with van der Waals surface area (Å²) < 4.78 is 1.76. The van der Waals surface area contributed by atoms with Crippen LogP contribution in [0.1, 0.15) is 24.0 Å². The van der Waals surface area contributed by atoms with Crippen molar-refractivity contribution in [3.63, 3.8) is 0 Å². The number of benzene rings is 1. The Kier molecular flexibility index (Phi) is 4.97. The minimum atomic E-state index is -0.931. The number of allylic oxidation sites excluding steroid dienone is 2. The zero-order valence-corrected chi connectivity index (χ0v) is 14.1. The zero-order valence-electron chi connectivity index (χ0n) is 14.1. The number of hydrogen-bond donors (Lipinski definition) is 2. The molecule has 2 atom stereocenters. The smallest absolute Gasteiger partial charge is 0.307 e. The van der Waals surface area contributed by atoms with Crippen LogP contribution in [0.3, 0.4) is 0 Å². The Bertz CT molecular complexity index is 810. The first-order valence-corrected chi connectivity index (χ1v) is 8.30. The van der Waals surface area contributed by atoms with E-state index >= 15 is 0 Å². The lowest BCUT2D eigenvalue weighted by atomic mass is 9.82. The second-order valence-electron chi connectivity index (χ2n) is 6.34. The monoisotopic (exact) mass is 339 g/mol. The third-order valence-corrected chi connectivity index (χ3v) is 4.58. The Morgan fingerprint density at radius 1 is 1.24 bits per heavy atom. The van der Waals surface area contributed by atoms with Crippen LogP contribution in [0.2, 0.25) is 0 Å². The Morgan fingerprint density at radius 2 is 1.96 bits per heavy atom. The van der Waals surface area contributed by atoms with Gasteiger partial charge < -0.3 is 10.4 Å². The topological polar surface area (TPSA) is 84.2 Å². The van der Waals surface area contributed by atoms with Gasteiger partial charge in [-0.05, 0) is 30.9 Å². The Balaban J connectivity index is 1.67. The molecule has 25 heavy (non-hydrogen) atoms. The molecule has 6 nitrogen and oxygen atoms in total. The first-order chi connectivity index (χ1) is 12.0. The molecule has 0 fully saturated rings. The van der Waals surface area contributed by atoms with E-state index in [9.17, 15) is 14.7 Å². The van der Waals surface area contributed by atoms with Gasteiger partial charge in [-0.2, -0.15) is 5.10 Å². The summed E-state index contributed by atoms with van der Waals surface area (Å²) in [5, 5.41) is 16.4. The molecule has 2 N–H and O–H groups in total. The van der Waals surface area contributed by atoms with Crippen molar-refractivity contribution in [2.24, 2.45) is 11.8 Å². The lowest BCUT2D eigenvalue weighted by molar-refractivity contribution is -0.146. The SMILES string of the molecule is Cc1ccccc1Cn1cc(NC(=O)[C@H]2CC=CC[C@H]2C(=O)O)cn1. The van der Waals surface area contributed by atoms with Crippen molar-refractivity contribution in [3.05, 3.63) is 59.9 Å². The van der Waals surface area contributed by atoms with Gasteiger partial charge in [0, 0.05) is 6.20 Å². The van der Waals surface area contributed by atoms with Crippen LogP contribution >= 0.6 is 0 Å². The van der Waals surface area contributed by atoms with Gasteiger partial charge in [-0.3, -0.25) is 14.3 Å². The molecule has 3 rings (SSSR count). The quantitative estimate of drug-likeness (QED) is 0.821. The number of carbonyl (C=O) groups excluding carboxylic acids is 1. The lowest BCUT2D eigenvalue weighted by Crippen LogP contribution is -2.34. The second kappa shape index (κ2) is 7.34. The average molecular weight is 339 g/mol. The summed E-state index contributed by atoms with van der Waals surface area (Å²) in [5.41, 5.74) is 2.92. The molecule has 0 aliphatic heterocycles. The number of aliphatic carboxylic acids is 1. The molecule has 130 valence electrons. The van der Waals surface area contributed by atoms with Gasteiger partial charge in [0.15, 0.2) is 0 Å². The first kappa shape index (κ1) is 17.0. The molecule has 1 amide bonds. The number of carboxylic acids is 1. The number of carbonyl (C=O) groups is 2. The van der Waals surface area contributed by atoms with E-state index in [0.29, 0.717) is 25.1 Å². The van der Waals surface area contributed by atoms with Gasteiger partial charge in [-0.1, -0.05) is 36.4 Å². The second-order valence-corrected chi connectivity index (χ2v) is 6.34. The van der Waals surface area contributed by atoms with E-state index in [-0.39, 0.29) is 5.91 Å². The Hall–Kier alpha value is -2.89. The number of aryl methyl sites for hydroxylation is 1. The molecular formula is C19H21N3O3. The molecule has 1 heterocycles.